The fourth-order valence-electron chi connectivity index (χ4n) is 2.29. The Kier molecular flexibility index (Phi) is 4.38. The quantitative estimate of drug-likeness (QED) is 0.918. The molecule has 0 aromatic heterocycles. The molecule has 1 unspecified atom stereocenters. The molecule has 88 valence electrons. The maximum Gasteiger partial charge on any atom is 0.0716 e. The minimum Gasteiger partial charge on any atom is -0.380 e. The molecule has 1 aromatic carbocycles. The number of halogens is 1. The molecule has 2 rings (SSSR count). The van der Waals surface area contributed by atoms with Gasteiger partial charge in [-0.1, -0.05) is 28.4 Å². The van der Waals surface area contributed by atoms with Crippen LogP contribution in [0.25, 0.3) is 0 Å². The zero-order chi connectivity index (χ0) is 11.4. The molecule has 0 aliphatic carbocycles. The highest BCUT2D eigenvalue weighted by Gasteiger charge is 2.17. The molecule has 1 atom stereocenters. The molecule has 1 aliphatic rings. The van der Waals surface area contributed by atoms with Crippen molar-refractivity contribution in [3.05, 3.63) is 33.8 Å². The molecule has 1 heterocycles. The van der Waals surface area contributed by atoms with E-state index < -0.39 is 0 Å². The summed E-state index contributed by atoms with van der Waals surface area (Å²) < 4.78 is 6.40. The van der Waals surface area contributed by atoms with Gasteiger partial charge in [-0.25, -0.2) is 0 Å². The van der Waals surface area contributed by atoms with Crippen molar-refractivity contribution >= 4 is 15.9 Å². The zero-order valence-corrected chi connectivity index (χ0v) is 11.2. The van der Waals surface area contributed by atoms with Crippen molar-refractivity contribution in [2.24, 2.45) is 0 Å². The third-order valence-electron chi connectivity index (χ3n) is 3.09. The summed E-state index contributed by atoms with van der Waals surface area (Å²) in [6.07, 6.45) is 3.84. The van der Waals surface area contributed by atoms with Crippen LogP contribution in [0, 0.1) is 0 Å². The minimum absolute atomic E-state index is 0.497. The van der Waals surface area contributed by atoms with Crippen molar-refractivity contribution in [2.75, 3.05) is 13.7 Å². The van der Waals surface area contributed by atoms with Gasteiger partial charge in [-0.05, 0) is 42.6 Å². The number of hydrogen-bond acceptors (Lipinski definition) is 2. The van der Waals surface area contributed by atoms with Crippen LogP contribution in [0.2, 0.25) is 0 Å². The van der Waals surface area contributed by atoms with Gasteiger partial charge in [-0.2, -0.15) is 0 Å². The van der Waals surface area contributed by atoms with Crippen molar-refractivity contribution in [1.82, 2.24) is 5.32 Å². The van der Waals surface area contributed by atoms with E-state index in [0.717, 1.165) is 11.0 Å². The van der Waals surface area contributed by atoms with Crippen LogP contribution < -0.4 is 5.32 Å². The molecular weight excluding hydrogens is 266 g/mol. The van der Waals surface area contributed by atoms with Gasteiger partial charge in [0.1, 0.15) is 0 Å². The van der Waals surface area contributed by atoms with E-state index in [4.69, 9.17) is 4.74 Å². The molecule has 0 amide bonds. The van der Waals surface area contributed by atoms with Gasteiger partial charge in [0.15, 0.2) is 0 Å². The van der Waals surface area contributed by atoms with Gasteiger partial charge in [-0.3, -0.25) is 0 Å². The molecule has 0 radical (unpaired) electrons. The van der Waals surface area contributed by atoms with Crippen LogP contribution in [0.1, 0.15) is 36.4 Å². The third kappa shape index (κ3) is 2.84. The Morgan fingerprint density at radius 3 is 3.00 bits per heavy atom. The SMILES string of the molecule is COCc1ccc(Br)cc1C1CCCCN1. The lowest BCUT2D eigenvalue weighted by Gasteiger charge is -2.26. The molecule has 0 saturated carbocycles. The molecule has 1 aliphatic heterocycles. The van der Waals surface area contributed by atoms with Crippen molar-refractivity contribution in [1.29, 1.82) is 0 Å². The number of piperidine rings is 1. The highest BCUT2D eigenvalue weighted by atomic mass is 79.9. The largest absolute Gasteiger partial charge is 0.380 e. The fourth-order valence-corrected chi connectivity index (χ4v) is 2.67. The number of rotatable bonds is 3. The van der Waals surface area contributed by atoms with E-state index in [9.17, 15) is 0 Å². The molecule has 0 bridgehead atoms. The Hall–Kier alpha value is -0.380. The first-order valence-corrected chi connectivity index (χ1v) is 6.61. The lowest BCUT2D eigenvalue weighted by molar-refractivity contribution is 0.183. The lowest BCUT2D eigenvalue weighted by atomic mass is 9.94. The van der Waals surface area contributed by atoms with E-state index in [1.165, 1.54) is 30.4 Å². The van der Waals surface area contributed by atoms with Crippen molar-refractivity contribution in [3.8, 4) is 0 Å². The van der Waals surface area contributed by atoms with E-state index in [0.29, 0.717) is 12.6 Å². The second-order valence-corrected chi connectivity index (χ2v) is 5.19. The first-order chi connectivity index (χ1) is 7.81. The Labute approximate surface area is 106 Å². The highest BCUT2D eigenvalue weighted by Crippen LogP contribution is 2.28. The molecule has 1 aromatic rings. The monoisotopic (exact) mass is 283 g/mol. The van der Waals surface area contributed by atoms with Crippen LogP contribution >= 0.6 is 15.9 Å². The Balaban J connectivity index is 2.24. The van der Waals surface area contributed by atoms with Crippen LogP contribution in [-0.2, 0) is 11.3 Å². The van der Waals surface area contributed by atoms with Crippen LogP contribution in [0.3, 0.4) is 0 Å². The number of benzene rings is 1. The van der Waals surface area contributed by atoms with Crippen LogP contribution in [0.4, 0.5) is 0 Å². The standard InChI is InChI=1S/C13H18BrNO/c1-16-9-10-5-6-11(14)8-12(10)13-4-2-3-7-15-13/h5-6,8,13,15H,2-4,7,9H2,1H3. The molecule has 0 spiro atoms. The molecule has 2 nitrogen and oxygen atoms in total. The molecular formula is C13H18BrNO. The first-order valence-electron chi connectivity index (χ1n) is 5.82. The number of nitrogens with one attached hydrogen (secondary N) is 1. The summed E-state index contributed by atoms with van der Waals surface area (Å²) in [7, 11) is 1.75. The average molecular weight is 284 g/mol. The molecule has 1 fully saturated rings. The summed E-state index contributed by atoms with van der Waals surface area (Å²) in [5.41, 5.74) is 2.68. The predicted octanol–water partition coefficient (Wildman–Crippen LogP) is 3.41. The van der Waals surface area contributed by atoms with E-state index in [1.54, 1.807) is 7.11 Å². The van der Waals surface area contributed by atoms with Crippen molar-refractivity contribution in [3.63, 3.8) is 0 Å². The Morgan fingerprint density at radius 1 is 1.44 bits per heavy atom. The topological polar surface area (TPSA) is 21.3 Å². The molecule has 1 N–H and O–H groups in total. The fraction of sp³-hybridized carbons (Fsp3) is 0.538. The summed E-state index contributed by atoms with van der Waals surface area (Å²) in [6, 6.07) is 6.95. The minimum atomic E-state index is 0.497. The van der Waals surface area contributed by atoms with Gasteiger partial charge in [0.05, 0.1) is 6.61 Å². The average Bonchev–Trinajstić information content (AvgIpc) is 2.33. The summed E-state index contributed by atoms with van der Waals surface area (Å²) in [5.74, 6) is 0. The normalized spacial score (nSPS) is 21.0. The van der Waals surface area contributed by atoms with E-state index in [1.807, 2.05) is 0 Å². The predicted molar refractivity (Wildman–Crippen MR) is 69.4 cm³/mol. The second kappa shape index (κ2) is 5.80. The smallest absolute Gasteiger partial charge is 0.0716 e. The van der Waals surface area contributed by atoms with Crippen molar-refractivity contribution in [2.45, 2.75) is 31.9 Å². The van der Waals surface area contributed by atoms with E-state index >= 15 is 0 Å². The summed E-state index contributed by atoms with van der Waals surface area (Å²) >= 11 is 3.55. The maximum absolute atomic E-state index is 5.26. The summed E-state index contributed by atoms with van der Waals surface area (Å²) in [6.45, 7) is 1.82. The van der Waals surface area contributed by atoms with Crippen LogP contribution in [-0.4, -0.2) is 13.7 Å². The van der Waals surface area contributed by atoms with Crippen molar-refractivity contribution < 1.29 is 4.74 Å². The molecule has 1 saturated heterocycles. The molecule has 3 heteroatoms. The second-order valence-electron chi connectivity index (χ2n) is 4.28. The van der Waals surface area contributed by atoms with Crippen LogP contribution in [0.5, 0.6) is 0 Å². The summed E-state index contributed by atoms with van der Waals surface area (Å²) in [4.78, 5) is 0. The van der Waals surface area contributed by atoms with Gasteiger partial charge >= 0.3 is 0 Å². The van der Waals surface area contributed by atoms with E-state index in [-0.39, 0.29) is 0 Å². The maximum atomic E-state index is 5.26. The lowest BCUT2D eigenvalue weighted by Crippen LogP contribution is -2.27. The zero-order valence-electron chi connectivity index (χ0n) is 9.63. The third-order valence-corrected chi connectivity index (χ3v) is 3.59. The van der Waals surface area contributed by atoms with Gasteiger partial charge < -0.3 is 10.1 Å². The highest BCUT2D eigenvalue weighted by molar-refractivity contribution is 9.10. The number of methoxy groups -OCH3 is 1. The van der Waals surface area contributed by atoms with Crippen LogP contribution in [0.15, 0.2) is 22.7 Å². The Morgan fingerprint density at radius 2 is 2.31 bits per heavy atom. The Bertz CT molecular complexity index is 348. The first kappa shape index (κ1) is 12.1. The van der Waals surface area contributed by atoms with Gasteiger partial charge in [0.25, 0.3) is 0 Å². The van der Waals surface area contributed by atoms with Gasteiger partial charge in [0.2, 0.25) is 0 Å². The summed E-state index contributed by atoms with van der Waals surface area (Å²) in [5, 5.41) is 3.59. The number of ether oxygens (including phenoxy) is 1. The van der Waals surface area contributed by atoms with E-state index in [2.05, 4.69) is 39.4 Å². The van der Waals surface area contributed by atoms with Gasteiger partial charge in [0, 0.05) is 17.6 Å². The number of hydrogen-bond donors (Lipinski definition) is 1. The van der Waals surface area contributed by atoms with Gasteiger partial charge in [-0.15, -0.1) is 0 Å². The molecule has 16 heavy (non-hydrogen) atoms.